The van der Waals surface area contributed by atoms with Gasteiger partial charge in [0.2, 0.25) is 0 Å². The Kier molecular flexibility index (Phi) is 3.91. The van der Waals surface area contributed by atoms with Crippen LogP contribution in [-0.2, 0) is 13.0 Å². The van der Waals surface area contributed by atoms with Gasteiger partial charge in [-0.1, -0.05) is 6.92 Å². The summed E-state index contributed by atoms with van der Waals surface area (Å²) in [5.41, 5.74) is -0.420. The van der Waals surface area contributed by atoms with Gasteiger partial charge in [-0.25, -0.2) is 9.78 Å². The van der Waals surface area contributed by atoms with Gasteiger partial charge in [0.15, 0.2) is 0 Å². The van der Waals surface area contributed by atoms with Crippen molar-refractivity contribution in [2.75, 3.05) is 0 Å². The number of aromatic amines is 2. The van der Waals surface area contributed by atoms with Gasteiger partial charge in [-0.15, -0.1) is 11.3 Å². The Morgan fingerprint density at radius 2 is 2.21 bits per heavy atom. The van der Waals surface area contributed by atoms with Crippen LogP contribution in [0.1, 0.15) is 28.1 Å². The van der Waals surface area contributed by atoms with E-state index in [0.29, 0.717) is 0 Å². The predicted molar refractivity (Wildman–Crippen MR) is 70.3 cm³/mol. The number of hydrogen-bond acceptors (Lipinski definition) is 5. The molecule has 100 valence electrons. The maximum Gasteiger partial charge on any atom is 0.326 e. The third-order valence-electron chi connectivity index (χ3n) is 2.37. The van der Waals surface area contributed by atoms with Crippen LogP contribution >= 0.6 is 11.3 Å². The Hall–Kier alpha value is -2.22. The van der Waals surface area contributed by atoms with Crippen molar-refractivity contribution in [1.82, 2.24) is 20.3 Å². The van der Waals surface area contributed by atoms with E-state index in [-0.39, 0.29) is 12.2 Å². The molecule has 2 aromatic rings. The number of amides is 1. The zero-order chi connectivity index (χ0) is 13.8. The molecule has 0 saturated carbocycles. The lowest BCUT2D eigenvalue weighted by molar-refractivity contribution is 0.0945. The molecule has 0 aliphatic rings. The summed E-state index contributed by atoms with van der Waals surface area (Å²) in [7, 11) is 0. The number of nitrogens with zero attached hydrogens (tertiary/aromatic N) is 1. The Labute approximate surface area is 111 Å². The second-order valence-corrected chi connectivity index (χ2v) is 4.71. The average Bonchev–Trinajstić information content (AvgIpc) is 2.82. The Morgan fingerprint density at radius 3 is 2.84 bits per heavy atom. The van der Waals surface area contributed by atoms with E-state index in [0.717, 1.165) is 23.2 Å². The van der Waals surface area contributed by atoms with Crippen LogP contribution in [0.5, 0.6) is 0 Å². The molecule has 0 aliphatic carbocycles. The van der Waals surface area contributed by atoms with Crippen LogP contribution in [0.15, 0.2) is 21.0 Å². The molecular formula is C11H12N4O3S. The first-order chi connectivity index (χ1) is 9.08. The van der Waals surface area contributed by atoms with Crippen LogP contribution in [0.25, 0.3) is 0 Å². The monoisotopic (exact) mass is 280 g/mol. The Balaban J connectivity index is 2.05. The number of aromatic nitrogens is 3. The van der Waals surface area contributed by atoms with E-state index in [1.807, 2.05) is 17.3 Å². The maximum atomic E-state index is 11.7. The minimum atomic E-state index is -0.708. The summed E-state index contributed by atoms with van der Waals surface area (Å²) in [6.07, 6.45) is 0.839. The lowest BCUT2D eigenvalue weighted by atomic mass is 10.4. The molecule has 0 saturated heterocycles. The molecule has 0 aromatic carbocycles. The molecule has 2 heterocycles. The summed E-state index contributed by atoms with van der Waals surface area (Å²) in [4.78, 5) is 42.4. The van der Waals surface area contributed by atoms with Gasteiger partial charge < -0.3 is 10.3 Å². The molecule has 0 atom stereocenters. The van der Waals surface area contributed by atoms with Gasteiger partial charge in [0.05, 0.1) is 12.2 Å². The van der Waals surface area contributed by atoms with Crippen LogP contribution in [0.3, 0.4) is 0 Å². The third-order valence-corrected chi connectivity index (χ3v) is 3.26. The van der Waals surface area contributed by atoms with Crippen molar-refractivity contribution in [2.45, 2.75) is 19.9 Å². The maximum absolute atomic E-state index is 11.7. The van der Waals surface area contributed by atoms with Gasteiger partial charge in [0, 0.05) is 11.4 Å². The highest BCUT2D eigenvalue weighted by Gasteiger charge is 2.08. The zero-order valence-electron chi connectivity index (χ0n) is 10.1. The van der Waals surface area contributed by atoms with Crippen LogP contribution in [0.2, 0.25) is 0 Å². The topological polar surface area (TPSA) is 108 Å². The summed E-state index contributed by atoms with van der Waals surface area (Å²) in [5.74, 6) is -0.517. The average molecular weight is 280 g/mol. The summed E-state index contributed by atoms with van der Waals surface area (Å²) in [6.45, 7) is 2.26. The second-order valence-electron chi connectivity index (χ2n) is 3.77. The molecule has 2 aromatic heterocycles. The van der Waals surface area contributed by atoms with Crippen molar-refractivity contribution in [1.29, 1.82) is 0 Å². The van der Waals surface area contributed by atoms with E-state index in [4.69, 9.17) is 0 Å². The van der Waals surface area contributed by atoms with Crippen molar-refractivity contribution in [3.63, 3.8) is 0 Å². The summed E-state index contributed by atoms with van der Waals surface area (Å²) >= 11 is 1.45. The SMILES string of the molecule is CCc1csc(CNC(=O)c2cc(=O)[nH]c(=O)[nH]2)n1. The number of H-pyrrole nitrogens is 2. The molecule has 0 bridgehead atoms. The van der Waals surface area contributed by atoms with E-state index in [2.05, 4.69) is 15.3 Å². The number of thiazole rings is 1. The highest BCUT2D eigenvalue weighted by atomic mass is 32.1. The fraction of sp³-hybridized carbons (Fsp3) is 0.273. The van der Waals surface area contributed by atoms with Gasteiger partial charge in [-0.2, -0.15) is 0 Å². The van der Waals surface area contributed by atoms with Crippen molar-refractivity contribution in [3.05, 3.63) is 48.7 Å². The predicted octanol–water partition coefficient (Wildman–Crippen LogP) is 0.0121. The Bertz CT molecular complexity index is 672. The molecule has 1 amide bonds. The normalized spacial score (nSPS) is 10.4. The van der Waals surface area contributed by atoms with Gasteiger partial charge in [-0.3, -0.25) is 14.6 Å². The molecule has 7 nitrogen and oxygen atoms in total. The molecule has 19 heavy (non-hydrogen) atoms. The van der Waals surface area contributed by atoms with Crippen molar-refractivity contribution in [2.24, 2.45) is 0 Å². The zero-order valence-corrected chi connectivity index (χ0v) is 11.0. The minimum Gasteiger partial charge on any atom is -0.344 e. The Morgan fingerprint density at radius 1 is 1.42 bits per heavy atom. The first kappa shape index (κ1) is 13.2. The van der Waals surface area contributed by atoms with Crippen LogP contribution in [0, 0.1) is 0 Å². The number of carbonyl (C=O) groups excluding carboxylic acids is 1. The summed E-state index contributed by atoms with van der Waals surface area (Å²) in [5, 5.41) is 5.30. The molecule has 0 unspecified atom stereocenters. The highest BCUT2D eigenvalue weighted by Crippen LogP contribution is 2.09. The van der Waals surface area contributed by atoms with Gasteiger partial charge in [-0.05, 0) is 6.42 Å². The van der Waals surface area contributed by atoms with Gasteiger partial charge in [0.1, 0.15) is 10.7 Å². The third kappa shape index (κ3) is 3.38. The fourth-order valence-electron chi connectivity index (χ4n) is 1.43. The number of nitrogens with one attached hydrogen (secondary N) is 3. The molecule has 0 aliphatic heterocycles. The van der Waals surface area contributed by atoms with E-state index in [9.17, 15) is 14.4 Å². The van der Waals surface area contributed by atoms with Crippen molar-refractivity contribution >= 4 is 17.2 Å². The summed E-state index contributed by atoms with van der Waals surface area (Å²) < 4.78 is 0. The molecule has 0 radical (unpaired) electrons. The lowest BCUT2D eigenvalue weighted by Gasteiger charge is -2.02. The molecule has 8 heteroatoms. The molecule has 3 N–H and O–H groups in total. The smallest absolute Gasteiger partial charge is 0.326 e. The molecule has 0 fully saturated rings. The highest BCUT2D eigenvalue weighted by molar-refractivity contribution is 7.09. The van der Waals surface area contributed by atoms with Crippen LogP contribution < -0.4 is 16.6 Å². The number of carbonyl (C=O) groups is 1. The minimum absolute atomic E-state index is 0.0685. The molecular weight excluding hydrogens is 268 g/mol. The molecule has 2 rings (SSSR count). The van der Waals surface area contributed by atoms with Crippen molar-refractivity contribution in [3.8, 4) is 0 Å². The van der Waals surface area contributed by atoms with Crippen LogP contribution in [0.4, 0.5) is 0 Å². The van der Waals surface area contributed by atoms with E-state index in [1.165, 1.54) is 11.3 Å². The number of rotatable bonds is 4. The summed E-state index contributed by atoms with van der Waals surface area (Å²) in [6, 6.07) is 1.04. The standard InChI is InChI=1S/C11H12N4O3S/c1-2-6-5-19-9(13-6)4-12-10(17)7-3-8(16)15-11(18)14-7/h3,5H,2,4H2,1H3,(H,12,17)(H2,14,15,16,18). The first-order valence-corrected chi connectivity index (χ1v) is 6.51. The van der Waals surface area contributed by atoms with E-state index in [1.54, 1.807) is 0 Å². The van der Waals surface area contributed by atoms with Crippen molar-refractivity contribution < 1.29 is 4.79 Å². The van der Waals surface area contributed by atoms with E-state index < -0.39 is 17.2 Å². The van der Waals surface area contributed by atoms with E-state index >= 15 is 0 Å². The fourth-order valence-corrected chi connectivity index (χ4v) is 2.25. The molecule has 0 spiro atoms. The number of aryl methyl sites for hydroxylation is 1. The largest absolute Gasteiger partial charge is 0.344 e. The quantitative estimate of drug-likeness (QED) is 0.733. The van der Waals surface area contributed by atoms with Gasteiger partial charge >= 0.3 is 5.69 Å². The lowest BCUT2D eigenvalue weighted by Crippen LogP contribution is -2.30. The van der Waals surface area contributed by atoms with Gasteiger partial charge in [0.25, 0.3) is 11.5 Å². The first-order valence-electron chi connectivity index (χ1n) is 5.63. The van der Waals surface area contributed by atoms with Crippen LogP contribution in [-0.4, -0.2) is 20.9 Å². The second kappa shape index (κ2) is 5.61. The number of hydrogen-bond donors (Lipinski definition) is 3.